The molecule has 0 saturated carbocycles. The third kappa shape index (κ3) is 2.12. The summed E-state index contributed by atoms with van der Waals surface area (Å²) < 4.78 is 18.4. The first kappa shape index (κ1) is 11.3. The second kappa shape index (κ2) is 4.44. The first-order valence-corrected chi connectivity index (χ1v) is 5.48. The van der Waals surface area contributed by atoms with Crippen LogP contribution in [-0.2, 0) is 0 Å². The van der Waals surface area contributed by atoms with Crippen molar-refractivity contribution in [2.75, 3.05) is 0 Å². The Balaban J connectivity index is 2.10. The number of hydrogen-bond donors (Lipinski definition) is 0. The number of benzene rings is 2. The molecule has 1 heterocycles. The molecular weight excluding hydrogens is 247 g/mol. The van der Waals surface area contributed by atoms with Crippen molar-refractivity contribution in [3.05, 3.63) is 58.7 Å². The molecule has 1 aromatic heterocycles. The molecule has 0 amide bonds. The second-order valence-corrected chi connectivity index (χ2v) is 3.87. The quantitative estimate of drug-likeness (QED) is 0.381. The van der Waals surface area contributed by atoms with E-state index in [1.807, 2.05) is 0 Å². The summed E-state index contributed by atoms with van der Waals surface area (Å²) in [5, 5.41) is 3.50. The van der Waals surface area contributed by atoms with E-state index >= 15 is 0 Å². The van der Waals surface area contributed by atoms with Crippen molar-refractivity contribution >= 4 is 16.8 Å². The molecule has 0 unspecified atom stereocenters. The molecule has 5 nitrogen and oxygen atoms in total. The lowest BCUT2D eigenvalue weighted by molar-refractivity contribution is 0.616. The first-order chi connectivity index (χ1) is 9.26. The van der Waals surface area contributed by atoms with Crippen LogP contribution in [0.25, 0.3) is 33.0 Å². The van der Waals surface area contributed by atoms with Crippen molar-refractivity contribution in [2.45, 2.75) is 0 Å². The molecule has 0 aliphatic rings. The zero-order chi connectivity index (χ0) is 13.2. The molecule has 0 saturated heterocycles. The van der Waals surface area contributed by atoms with Gasteiger partial charge in [-0.3, -0.25) is 0 Å². The summed E-state index contributed by atoms with van der Waals surface area (Å²) in [5.41, 5.74) is 10.7. The van der Waals surface area contributed by atoms with Crippen LogP contribution in [0, 0.1) is 5.82 Å². The van der Waals surface area contributed by atoms with Crippen LogP contribution in [0.3, 0.4) is 0 Å². The minimum atomic E-state index is -0.314. The van der Waals surface area contributed by atoms with E-state index in [4.69, 9.17) is 9.95 Å². The van der Waals surface area contributed by atoms with Crippen molar-refractivity contribution in [1.29, 1.82) is 0 Å². The van der Waals surface area contributed by atoms with Crippen LogP contribution in [-0.4, -0.2) is 4.98 Å². The molecule has 3 aromatic rings. The van der Waals surface area contributed by atoms with Crippen molar-refractivity contribution < 1.29 is 8.81 Å². The van der Waals surface area contributed by atoms with E-state index in [1.54, 1.807) is 30.3 Å². The number of halogens is 1. The van der Waals surface area contributed by atoms with Gasteiger partial charge in [0.05, 0.1) is 0 Å². The summed E-state index contributed by atoms with van der Waals surface area (Å²) in [6.07, 6.45) is 0. The SMILES string of the molecule is [N-]=[N+]=Nc1ccc2oc(-c3ccc(F)cc3)nc2c1. The average Bonchev–Trinajstić information content (AvgIpc) is 2.83. The largest absolute Gasteiger partial charge is 0.436 e. The maximum Gasteiger partial charge on any atom is 0.227 e. The van der Waals surface area contributed by atoms with Crippen LogP contribution in [0.15, 0.2) is 52.0 Å². The number of azide groups is 1. The smallest absolute Gasteiger partial charge is 0.227 e. The number of nitrogens with zero attached hydrogens (tertiary/aromatic N) is 4. The molecule has 92 valence electrons. The maximum absolute atomic E-state index is 12.8. The second-order valence-electron chi connectivity index (χ2n) is 3.87. The molecule has 0 bridgehead atoms. The van der Waals surface area contributed by atoms with Gasteiger partial charge in [0.15, 0.2) is 5.58 Å². The summed E-state index contributed by atoms with van der Waals surface area (Å²) in [6.45, 7) is 0. The first-order valence-electron chi connectivity index (χ1n) is 5.48. The Labute approximate surface area is 106 Å². The van der Waals surface area contributed by atoms with E-state index in [9.17, 15) is 4.39 Å². The van der Waals surface area contributed by atoms with Crippen LogP contribution in [0.4, 0.5) is 10.1 Å². The number of hydrogen-bond acceptors (Lipinski definition) is 3. The third-order valence-corrected chi connectivity index (χ3v) is 2.62. The molecule has 19 heavy (non-hydrogen) atoms. The molecule has 0 aliphatic heterocycles. The summed E-state index contributed by atoms with van der Waals surface area (Å²) in [5.74, 6) is 0.0820. The van der Waals surface area contributed by atoms with E-state index in [0.717, 1.165) is 0 Å². The van der Waals surface area contributed by atoms with Gasteiger partial charge < -0.3 is 4.42 Å². The number of fused-ring (bicyclic) bond motifs is 1. The fraction of sp³-hybridized carbons (Fsp3) is 0. The van der Waals surface area contributed by atoms with Crippen LogP contribution in [0.1, 0.15) is 0 Å². The highest BCUT2D eigenvalue weighted by Gasteiger charge is 2.08. The maximum atomic E-state index is 12.8. The van der Waals surface area contributed by atoms with Gasteiger partial charge in [-0.2, -0.15) is 0 Å². The van der Waals surface area contributed by atoms with Crippen LogP contribution >= 0.6 is 0 Å². The van der Waals surface area contributed by atoms with E-state index in [0.29, 0.717) is 28.2 Å². The fourth-order valence-corrected chi connectivity index (χ4v) is 1.75. The van der Waals surface area contributed by atoms with E-state index in [1.165, 1.54) is 12.1 Å². The predicted octanol–water partition coefficient (Wildman–Crippen LogP) is 4.58. The van der Waals surface area contributed by atoms with Gasteiger partial charge in [-0.15, -0.1) is 0 Å². The summed E-state index contributed by atoms with van der Waals surface area (Å²) in [6, 6.07) is 10.8. The standard InChI is InChI=1S/C13H7FN4O/c14-9-3-1-8(2-4-9)13-16-11-7-10(17-18-15)5-6-12(11)19-13/h1-7H. The molecule has 2 aromatic carbocycles. The normalized spacial score (nSPS) is 10.4. The lowest BCUT2D eigenvalue weighted by atomic mass is 10.2. The fourth-order valence-electron chi connectivity index (χ4n) is 1.75. The molecule has 0 atom stereocenters. The van der Waals surface area contributed by atoms with Crippen molar-refractivity contribution in [3.63, 3.8) is 0 Å². The van der Waals surface area contributed by atoms with Gasteiger partial charge in [-0.1, -0.05) is 5.11 Å². The molecule has 0 fully saturated rings. The van der Waals surface area contributed by atoms with Gasteiger partial charge in [0.1, 0.15) is 11.3 Å². The van der Waals surface area contributed by atoms with Crippen LogP contribution < -0.4 is 0 Å². The highest BCUT2D eigenvalue weighted by molar-refractivity contribution is 5.79. The summed E-state index contributed by atoms with van der Waals surface area (Å²) >= 11 is 0. The molecule has 6 heteroatoms. The Morgan fingerprint density at radius 3 is 2.68 bits per heavy atom. The van der Waals surface area contributed by atoms with Crippen molar-refractivity contribution in [3.8, 4) is 11.5 Å². The van der Waals surface area contributed by atoms with E-state index < -0.39 is 0 Å². The number of rotatable bonds is 2. The zero-order valence-electron chi connectivity index (χ0n) is 9.62. The Morgan fingerprint density at radius 1 is 1.16 bits per heavy atom. The van der Waals surface area contributed by atoms with Gasteiger partial charge in [-0.05, 0) is 48.0 Å². The minimum absolute atomic E-state index is 0.314. The van der Waals surface area contributed by atoms with Crippen LogP contribution in [0.5, 0.6) is 0 Å². The number of oxazole rings is 1. The Kier molecular flexibility index (Phi) is 2.63. The molecule has 0 spiro atoms. The third-order valence-electron chi connectivity index (χ3n) is 2.62. The topological polar surface area (TPSA) is 74.8 Å². The lowest BCUT2D eigenvalue weighted by Gasteiger charge is -1.93. The Bertz CT molecular complexity index is 788. The molecule has 0 aliphatic carbocycles. The van der Waals surface area contributed by atoms with Crippen LogP contribution in [0.2, 0.25) is 0 Å². The van der Waals surface area contributed by atoms with Gasteiger partial charge in [0, 0.05) is 16.2 Å². The zero-order valence-corrected chi connectivity index (χ0v) is 9.62. The van der Waals surface area contributed by atoms with Gasteiger partial charge >= 0.3 is 0 Å². The van der Waals surface area contributed by atoms with Crippen molar-refractivity contribution in [2.24, 2.45) is 5.11 Å². The molecular formula is C13H7FN4O. The number of aromatic nitrogens is 1. The van der Waals surface area contributed by atoms with Gasteiger partial charge in [0.25, 0.3) is 0 Å². The highest BCUT2D eigenvalue weighted by Crippen LogP contribution is 2.27. The minimum Gasteiger partial charge on any atom is -0.436 e. The monoisotopic (exact) mass is 254 g/mol. The Morgan fingerprint density at radius 2 is 1.95 bits per heavy atom. The highest BCUT2D eigenvalue weighted by atomic mass is 19.1. The molecule has 3 rings (SSSR count). The van der Waals surface area contributed by atoms with E-state index in [2.05, 4.69) is 15.0 Å². The summed E-state index contributed by atoms with van der Waals surface area (Å²) in [4.78, 5) is 7.00. The average molecular weight is 254 g/mol. The van der Waals surface area contributed by atoms with E-state index in [-0.39, 0.29) is 5.82 Å². The predicted molar refractivity (Wildman–Crippen MR) is 68.2 cm³/mol. The van der Waals surface area contributed by atoms with Gasteiger partial charge in [-0.25, -0.2) is 9.37 Å². The van der Waals surface area contributed by atoms with Crippen molar-refractivity contribution in [1.82, 2.24) is 4.98 Å². The molecule has 0 N–H and O–H groups in total. The summed E-state index contributed by atoms with van der Waals surface area (Å²) in [7, 11) is 0. The lowest BCUT2D eigenvalue weighted by Crippen LogP contribution is -1.77. The molecule has 0 radical (unpaired) electrons. The van der Waals surface area contributed by atoms with Gasteiger partial charge in [0.2, 0.25) is 5.89 Å². The Hall–Kier alpha value is -2.85.